The summed E-state index contributed by atoms with van der Waals surface area (Å²) in [5, 5.41) is 6.93. The summed E-state index contributed by atoms with van der Waals surface area (Å²) < 4.78 is 5.08. The Morgan fingerprint density at radius 3 is 2.84 bits per heavy atom. The van der Waals surface area contributed by atoms with Gasteiger partial charge in [0.05, 0.1) is 12.1 Å². The molecule has 0 unspecified atom stereocenters. The Morgan fingerprint density at radius 1 is 1.42 bits per heavy atom. The van der Waals surface area contributed by atoms with Crippen LogP contribution in [0.15, 0.2) is 16.7 Å². The third-order valence-corrected chi connectivity index (χ3v) is 4.50. The van der Waals surface area contributed by atoms with Gasteiger partial charge in [-0.2, -0.15) is 0 Å². The zero-order valence-corrected chi connectivity index (χ0v) is 11.5. The van der Waals surface area contributed by atoms with Crippen molar-refractivity contribution in [2.45, 2.75) is 33.1 Å². The van der Waals surface area contributed by atoms with E-state index in [9.17, 15) is 4.79 Å². The molecule has 1 heterocycles. The second-order valence-corrected chi connectivity index (χ2v) is 5.82. The standard InChI is InChI=1S/C15H20N2O2/c1-9-14(10(2)19-17-9)7-15(18)16-8-13-6-11-3-4-12(13)5-11/h3-4,11-13H,5-8H2,1-2H3,(H,16,18)/t11-,12+,13+/m0/s1. The van der Waals surface area contributed by atoms with Crippen LogP contribution in [0.5, 0.6) is 0 Å². The lowest BCUT2D eigenvalue weighted by Crippen LogP contribution is -2.32. The highest BCUT2D eigenvalue weighted by atomic mass is 16.5. The number of carbonyl (C=O) groups is 1. The van der Waals surface area contributed by atoms with Gasteiger partial charge in [-0.05, 0) is 44.4 Å². The van der Waals surface area contributed by atoms with Gasteiger partial charge in [-0.15, -0.1) is 0 Å². The van der Waals surface area contributed by atoms with Crippen molar-refractivity contribution in [2.24, 2.45) is 17.8 Å². The highest BCUT2D eigenvalue weighted by molar-refractivity contribution is 5.79. The minimum Gasteiger partial charge on any atom is -0.361 e. The molecule has 1 N–H and O–H groups in total. The first-order valence-corrected chi connectivity index (χ1v) is 7.00. The van der Waals surface area contributed by atoms with Crippen LogP contribution in [0.4, 0.5) is 0 Å². The molecule has 3 atom stereocenters. The molecule has 2 bridgehead atoms. The number of nitrogens with zero attached hydrogens (tertiary/aromatic N) is 1. The molecule has 102 valence electrons. The quantitative estimate of drug-likeness (QED) is 0.844. The summed E-state index contributed by atoms with van der Waals surface area (Å²) in [6, 6.07) is 0. The molecular weight excluding hydrogens is 240 g/mol. The van der Waals surface area contributed by atoms with Crippen molar-refractivity contribution in [1.29, 1.82) is 0 Å². The number of aryl methyl sites for hydroxylation is 2. The maximum atomic E-state index is 12.0. The van der Waals surface area contributed by atoms with E-state index in [1.54, 1.807) is 0 Å². The topological polar surface area (TPSA) is 55.1 Å². The molecule has 0 aliphatic heterocycles. The lowest BCUT2D eigenvalue weighted by molar-refractivity contribution is -0.120. The molecule has 19 heavy (non-hydrogen) atoms. The Morgan fingerprint density at radius 2 is 2.26 bits per heavy atom. The molecule has 4 heteroatoms. The van der Waals surface area contributed by atoms with E-state index < -0.39 is 0 Å². The van der Waals surface area contributed by atoms with Crippen LogP contribution in [0.2, 0.25) is 0 Å². The summed E-state index contributed by atoms with van der Waals surface area (Å²) in [5.74, 6) is 2.89. The normalized spacial score (nSPS) is 28.0. The zero-order valence-electron chi connectivity index (χ0n) is 11.5. The third kappa shape index (κ3) is 2.44. The van der Waals surface area contributed by atoms with Gasteiger partial charge in [0, 0.05) is 12.1 Å². The fourth-order valence-electron chi connectivity index (χ4n) is 3.35. The van der Waals surface area contributed by atoms with Crippen molar-refractivity contribution in [3.8, 4) is 0 Å². The first kappa shape index (κ1) is 12.5. The monoisotopic (exact) mass is 260 g/mol. The smallest absolute Gasteiger partial charge is 0.224 e. The van der Waals surface area contributed by atoms with E-state index in [2.05, 4.69) is 22.6 Å². The molecule has 1 saturated carbocycles. The van der Waals surface area contributed by atoms with Gasteiger partial charge in [-0.25, -0.2) is 0 Å². The lowest BCUT2D eigenvalue weighted by Gasteiger charge is -2.18. The highest BCUT2D eigenvalue weighted by Crippen LogP contribution is 2.42. The Kier molecular flexibility index (Phi) is 3.17. The molecule has 1 fully saturated rings. The summed E-state index contributed by atoms with van der Waals surface area (Å²) in [5.41, 5.74) is 1.74. The molecule has 2 aliphatic rings. The molecule has 4 nitrogen and oxygen atoms in total. The van der Waals surface area contributed by atoms with E-state index >= 15 is 0 Å². The largest absolute Gasteiger partial charge is 0.361 e. The van der Waals surface area contributed by atoms with Crippen LogP contribution in [0.1, 0.15) is 29.9 Å². The number of fused-ring (bicyclic) bond motifs is 2. The number of allylic oxidation sites excluding steroid dienone is 2. The van der Waals surface area contributed by atoms with Crippen LogP contribution >= 0.6 is 0 Å². The fraction of sp³-hybridized carbons (Fsp3) is 0.600. The van der Waals surface area contributed by atoms with Gasteiger partial charge in [-0.1, -0.05) is 17.3 Å². The number of hydrogen-bond acceptors (Lipinski definition) is 3. The van der Waals surface area contributed by atoms with E-state index in [1.807, 2.05) is 13.8 Å². The number of hydrogen-bond donors (Lipinski definition) is 1. The predicted molar refractivity (Wildman–Crippen MR) is 71.5 cm³/mol. The summed E-state index contributed by atoms with van der Waals surface area (Å²) in [6.45, 7) is 4.52. The molecule has 1 amide bonds. The predicted octanol–water partition coefficient (Wildman–Crippen LogP) is 2.16. The second kappa shape index (κ2) is 4.83. The third-order valence-electron chi connectivity index (χ3n) is 4.50. The van der Waals surface area contributed by atoms with E-state index in [1.165, 1.54) is 12.8 Å². The van der Waals surface area contributed by atoms with Crippen molar-refractivity contribution in [2.75, 3.05) is 6.54 Å². The van der Waals surface area contributed by atoms with Crippen LogP contribution in [-0.2, 0) is 11.2 Å². The summed E-state index contributed by atoms with van der Waals surface area (Å²) in [7, 11) is 0. The Hall–Kier alpha value is -1.58. The molecule has 1 aromatic heterocycles. The van der Waals surface area contributed by atoms with Crippen molar-refractivity contribution in [3.05, 3.63) is 29.2 Å². The first-order chi connectivity index (χ1) is 9.13. The van der Waals surface area contributed by atoms with Crippen LogP contribution < -0.4 is 5.32 Å². The Bertz CT molecular complexity index is 499. The molecule has 2 aliphatic carbocycles. The SMILES string of the molecule is Cc1noc(C)c1CC(=O)NC[C@H]1C[C@H]2C=C[C@@H]1C2. The summed E-state index contributed by atoms with van der Waals surface area (Å²) in [4.78, 5) is 12.0. The van der Waals surface area contributed by atoms with Gasteiger partial charge >= 0.3 is 0 Å². The fourth-order valence-corrected chi connectivity index (χ4v) is 3.35. The molecule has 1 aromatic rings. The summed E-state index contributed by atoms with van der Waals surface area (Å²) in [6.07, 6.45) is 7.53. The Labute approximate surface area is 113 Å². The van der Waals surface area contributed by atoms with Gasteiger partial charge < -0.3 is 9.84 Å². The number of aromatic nitrogens is 1. The zero-order chi connectivity index (χ0) is 13.4. The molecular formula is C15H20N2O2. The first-order valence-electron chi connectivity index (χ1n) is 7.00. The van der Waals surface area contributed by atoms with Gasteiger partial charge in [0.25, 0.3) is 0 Å². The number of nitrogens with one attached hydrogen (secondary N) is 1. The van der Waals surface area contributed by atoms with Crippen LogP contribution in [0.25, 0.3) is 0 Å². The number of carbonyl (C=O) groups excluding carboxylic acids is 1. The Balaban J connectivity index is 1.51. The average Bonchev–Trinajstić information content (AvgIpc) is 3.08. The van der Waals surface area contributed by atoms with Crippen LogP contribution in [0, 0.1) is 31.6 Å². The van der Waals surface area contributed by atoms with Gasteiger partial charge in [0.2, 0.25) is 5.91 Å². The number of amides is 1. The van der Waals surface area contributed by atoms with Crippen molar-refractivity contribution in [1.82, 2.24) is 10.5 Å². The average molecular weight is 260 g/mol. The van der Waals surface area contributed by atoms with E-state index in [4.69, 9.17) is 4.52 Å². The second-order valence-electron chi connectivity index (χ2n) is 5.82. The van der Waals surface area contributed by atoms with Crippen LogP contribution in [0.3, 0.4) is 0 Å². The van der Waals surface area contributed by atoms with Gasteiger partial charge in [0.1, 0.15) is 5.76 Å². The van der Waals surface area contributed by atoms with Gasteiger partial charge in [0.15, 0.2) is 0 Å². The van der Waals surface area contributed by atoms with Crippen molar-refractivity contribution in [3.63, 3.8) is 0 Å². The van der Waals surface area contributed by atoms with Crippen molar-refractivity contribution >= 4 is 5.91 Å². The van der Waals surface area contributed by atoms with E-state index in [-0.39, 0.29) is 5.91 Å². The molecule has 0 saturated heterocycles. The van der Waals surface area contributed by atoms with Crippen molar-refractivity contribution < 1.29 is 9.32 Å². The lowest BCUT2D eigenvalue weighted by atomic mass is 9.93. The molecule has 3 rings (SSSR count). The minimum atomic E-state index is 0.0705. The molecule has 0 radical (unpaired) electrons. The maximum absolute atomic E-state index is 12.0. The van der Waals surface area contributed by atoms with Crippen LogP contribution in [-0.4, -0.2) is 17.6 Å². The molecule has 0 spiro atoms. The van der Waals surface area contributed by atoms with E-state index in [0.717, 1.165) is 29.5 Å². The number of rotatable bonds is 4. The summed E-state index contributed by atoms with van der Waals surface area (Å²) >= 11 is 0. The minimum absolute atomic E-state index is 0.0705. The van der Waals surface area contributed by atoms with E-state index in [0.29, 0.717) is 18.3 Å². The maximum Gasteiger partial charge on any atom is 0.224 e. The van der Waals surface area contributed by atoms with Gasteiger partial charge in [-0.3, -0.25) is 4.79 Å². The highest BCUT2D eigenvalue weighted by Gasteiger charge is 2.35. The molecule has 0 aromatic carbocycles.